The Morgan fingerprint density at radius 2 is 1.93 bits per heavy atom. The van der Waals surface area contributed by atoms with Crippen LogP contribution in [-0.4, -0.2) is 32.2 Å². The first kappa shape index (κ1) is 11.3. The summed E-state index contributed by atoms with van der Waals surface area (Å²) in [6, 6.07) is 0. The minimum Gasteiger partial charge on any atom is -0.381 e. The lowest BCUT2D eigenvalue weighted by Gasteiger charge is -2.31. The molecule has 2 rings (SSSR count). The van der Waals surface area contributed by atoms with E-state index >= 15 is 0 Å². The summed E-state index contributed by atoms with van der Waals surface area (Å²) in [5, 5.41) is 3.14. The third-order valence-electron chi connectivity index (χ3n) is 3.54. The van der Waals surface area contributed by atoms with E-state index in [9.17, 15) is 8.78 Å². The smallest absolute Gasteiger partial charge is 0.251 e. The Morgan fingerprint density at radius 1 is 1.20 bits per heavy atom. The van der Waals surface area contributed by atoms with E-state index in [1.54, 1.807) is 0 Å². The zero-order chi connectivity index (χ0) is 10.7. The second-order valence-corrected chi connectivity index (χ2v) is 4.71. The van der Waals surface area contributed by atoms with Gasteiger partial charge < -0.3 is 10.1 Å². The molecule has 0 aromatic rings. The number of halogens is 2. The van der Waals surface area contributed by atoms with Crippen LogP contribution >= 0.6 is 0 Å². The van der Waals surface area contributed by atoms with Gasteiger partial charge in [-0.2, -0.15) is 0 Å². The minimum absolute atomic E-state index is 0.0602. The number of nitrogens with one attached hydrogen (secondary N) is 1. The van der Waals surface area contributed by atoms with Gasteiger partial charge in [0.1, 0.15) is 0 Å². The van der Waals surface area contributed by atoms with Crippen molar-refractivity contribution in [1.82, 2.24) is 5.32 Å². The normalized spacial score (nSPS) is 29.6. The lowest BCUT2D eigenvalue weighted by molar-refractivity contribution is -0.109. The summed E-state index contributed by atoms with van der Waals surface area (Å²) < 4.78 is 32.9. The topological polar surface area (TPSA) is 21.3 Å². The molecule has 2 nitrogen and oxygen atoms in total. The van der Waals surface area contributed by atoms with Gasteiger partial charge in [-0.15, -0.1) is 0 Å². The molecule has 0 spiro atoms. The van der Waals surface area contributed by atoms with Crippen molar-refractivity contribution in [3.8, 4) is 0 Å². The van der Waals surface area contributed by atoms with Gasteiger partial charge in [0.2, 0.25) is 0 Å². The molecular formula is C11H19F2NO. The van der Waals surface area contributed by atoms with Crippen molar-refractivity contribution in [1.29, 1.82) is 0 Å². The summed E-state index contributed by atoms with van der Waals surface area (Å²) in [5.74, 6) is -2.77. The van der Waals surface area contributed by atoms with E-state index in [0.717, 1.165) is 19.5 Å². The molecule has 0 saturated carbocycles. The fraction of sp³-hybridized carbons (Fsp3) is 1.00. The average molecular weight is 219 g/mol. The SMILES string of the molecule is FC(F)(CC1CCNC1)C1CCOCC1. The monoisotopic (exact) mass is 219 g/mol. The Hall–Kier alpha value is -0.220. The van der Waals surface area contributed by atoms with Crippen molar-refractivity contribution in [2.24, 2.45) is 11.8 Å². The Kier molecular flexibility index (Phi) is 3.57. The second kappa shape index (κ2) is 4.74. The fourth-order valence-electron chi connectivity index (χ4n) is 2.56. The van der Waals surface area contributed by atoms with Gasteiger partial charge >= 0.3 is 0 Å². The van der Waals surface area contributed by atoms with Gasteiger partial charge in [0.05, 0.1) is 0 Å². The van der Waals surface area contributed by atoms with Crippen LogP contribution in [0.25, 0.3) is 0 Å². The molecule has 2 aliphatic rings. The van der Waals surface area contributed by atoms with E-state index in [1.807, 2.05) is 0 Å². The van der Waals surface area contributed by atoms with E-state index in [2.05, 4.69) is 5.32 Å². The first-order valence-corrected chi connectivity index (χ1v) is 5.85. The first-order valence-electron chi connectivity index (χ1n) is 5.85. The van der Waals surface area contributed by atoms with Crippen LogP contribution in [0.3, 0.4) is 0 Å². The van der Waals surface area contributed by atoms with Crippen LogP contribution in [0.5, 0.6) is 0 Å². The van der Waals surface area contributed by atoms with E-state index in [-0.39, 0.29) is 12.3 Å². The number of rotatable bonds is 3. The van der Waals surface area contributed by atoms with E-state index in [4.69, 9.17) is 4.74 Å². The third-order valence-corrected chi connectivity index (χ3v) is 3.54. The molecule has 0 aromatic carbocycles. The van der Waals surface area contributed by atoms with Crippen molar-refractivity contribution in [3.63, 3.8) is 0 Å². The summed E-state index contributed by atoms with van der Waals surface area (Å²) in [6.45, 7) is 2.67. The van der Waals surface area contributed by atoms with Crippen LogP contribution in [0.4, 0.5) is 8.78 Å². The highest BCUT2D eigenvalue weighted by Gasteiger charge is 2.42. The van der Waals surface area contributed by atoms with Gasteiger partial charge in [0.25, 0.3) is 5.92 Å². The van der Waals surface area contributed by atoms with Crippen LogP contribution < -0.4 is 5.32 Å². The molecule has 2 heterocycles. The molecule has 4 heteroatoms. The van der Waals surface area contributed by atoms with Crippen molar-refractivity contribution < 1.29 is 13.5 Å². The summed E-state index contributed by atoms with van der Waals surface area (Å²) in [7, 11) is 0. The largest absolute Gasteiger partial charge is 0.381 e. The van der Waals surface area contributed by atoms with Crippen LogP contribution in [0, 0.1) is 11.8 Å². The average Bonchev–Trinajstić information content (AvgIpc) is 2.71. The third kappa shape index (κ3) is 2.88. The van der Waals surface area contributed by atoms with Crippen molar-refractivity contribution in [2.75, 3.05) is 26.3 Å². The molecular weight excluding hydrogens is 200 g/mol. The van der Waals surface area contributed by atoms with E-state index < -0.39 is 11.8 Å². The van der Waals surface area contributed by atoms with Gasteiger partial charge in [-0.05, 0) is 38.3 Å². The zero-order valence-electron chi connectivity index (χ0n) is 8.98. The molecule has 88 valence electrons. The zero-order valence-corrected chi connectivity index (χ0v) is 8.98. The number of alkyl halides is 2. The molecule has 1 atom stereocenters. The Balaban J connectivity index is 1.86. The summed E-state index contributed by atoms with van der Waals surface area (Å²) in [4.78, 5) is 0. The van der Waals surface area contributed by atoms with Gasteiger partial charge in [0, 0.05) is 25.6 Å². The maximum Gasteiger partial charge on any atom is 0.251 e. The minimum atomic E-state index is -2.49. The molecule has 2 fully saturated rings. The highest BCUT2D eigenvalue weighted by Crippen LogP contribution is 2.38. The Labute approximate surface area is 89.4 Å². The highest BCUT2D eigenvalue weighted by atomic mass is 19.3. The molecule has 0 amide bonds. The Morgan fingerprint density at radius 3 is 2.53 bits per heavy atom. The molecule has 0 bridgehead atoms. The maximum absolute atomic E-state index is 13.9. The Bertz CT molecular complexity index is 199. The van der Waals surface area contributed by atoms with Crippen LogP contribution in [0.1, 0.15) is 25.7 Å². The molecule has 1 unspecified atom stereocenters. The first-order chi connectivity index (χ1) is 7.18. The quantitative estimate of drug-likeness (QED) is 0.784. The number of hydrogen-bond acceptors (Lipinski definition) is 2. The predicted octanol–water partition coefficient (Wildman–Crippen LogP) is 2.05. The molecule has 2 aliphatic heterocycles. The molecule has 0 aliphatic carbocycles. The standard InChI is InChI=1S/C11H19F2NO/c12-11(13,7-9-1-4-14-8-9)10-2-5-15-6-3-10/h9-10,14H,1-8H2. The molecule has 0 radical (unpaired) electrons. The van der Waals surface area contributed by atoms with Gasteiger partial charge in [-0.3, -0.25) is 0 Å². The molecule has 0 aromatic heterocycles. The van der Waals surface area contributed by atoms with Gasteiger partial charge in [-0.25, -0.2) is 8.78 Å². The predicted molar refractivity (Wildman–Crippen MR) is 54.1 cm³/mol. The molecule has 1 N–H and O–H groups in total. The van der Waals surface area contributed by atoms with Crippen LogP contribution in [0.15, 0.2) is 0 Å². The summed E-state index contributed by atoms with van der Waals surface area (Å²) >= 11 is 0. The second-order valence-electron chi connectivity index (χ2n) is 4.71. The summed E-state index contributed by atoms with van der Waals surface area (Å²) in [5.41, 5.74) is 0. The van der Waals surface area contributed by atoms with Gasteiger partial charge in [-0.1, -0.05) is 0 Å². The lowest BCUT2D eigenvalue weighted by Crippen LogP contribution is -2.35. The lowest BCUT2D eigenvalue weighted by atomic mass is 9.86. The number of ether oxygens (including phenoxy) is 1. The van der Waals surface area contributed by atoms with Crippen molar-refractivity contribution in [3.05, 3.63) is 0 Å². The fourth-order valence-corrected chi connectivity index (χ4v) is 2.56. The van der Waals surface area contributed by atoms with Crippen molar-refractivity contribution >= 4 is 0 Å². The van der Waals surface area contributed by atoms with E-state index in [0.29, 0.717) is 26.1 Å². The van der Waals surface area contributed by atoms with Crippen LogP contribution in [-0.2, 0) is 4.74 Å². The maximum atomic E-state index is 13.9. The van der Waals surface area contributed by atoms with Gasteiger partial charge in [0.15, 0.2) is 0 Å². The molecule has 15 heavy (non-hydrogen) atoms. The summed E-state index contributed by atoms with van der Waals surface area (Å²) in [6.07, 6.45) is 2.00. The number of hydrogen-bond donors (Lipinski definition) is 1. The highest BCUT2D eigenvalue weighted by molar-refractivity contribution is 4.84. The molecule has 2 saturated heterocycles. The van der Waals surface area contributed by atoms with E-state index in [1.165, 1.54) is 0 Å². The van der Waals surface area contributed by atoms with Crippen molar-refractivity contribution in [2.45, 2.75) is 31.6 Å². The van der Waals surface area contributed by atoms with Crippen LogP contribution in [0.2, 0.25) is 0 Å².